The van der Waals surface area contributed by atoms with Crippen LogP contribution in [-0.2, 0) is 4.79 Å². The van der Waals surface area contributed by atoms with Gasteiger partial charge >= 0.3 is 12.0 Å². The van der Waals surface area contributed by atoms with Gasteiger partial charge in [0.05, 0.1) is 0 Å². The number of nitrogens with one attached hydrogen (secondary N) is 2. The third kappa shape index (κ3) is 4.18. The van der Waals surface area contributed by atoms with E-state index >= 15 is 0 Å². The minimum atomic E-state index is -0.977. The van der Waals surface area contributed by atoms with Crippen LogP contribution in [0.1, 0.15) is 26.2 Å². The highest BCUT2D eigenvalue weighted by Crippen LogP contribution is 2.15. The summed E-state index contributed by atoms with van der Waals surface area (Å²) in [5.41, 5.74) is 0. The Labute approximate surface area is 108 Å². The number of aliphatic carboxylic acids is 1. The van der Waals surface area contributed by atoms with Crippen LogP contribution in [0.3, 0.4) is 0 Å². The van der Waals surface area contributed by atoms with Crippen LogP contribution in [0.4, 0.5) is 4.79 Å². The van der Waals surface area contributed by atoms with Gasteiger partial charge in [-0.25, -0.2) is 9.59 Å². The topological polar surface area (TPSA) is 81.7 Å². The molecular weight excluding hydrogens is 234 g/mol. The van der Waals surface area contributed by atoms with Crippen LogP contribution < -0.4 is 10.6 Å². The Balaban J connectivity index is 2.47. The van der Waals surface area contributed by atoms with Gasteiger partial charge in [-0.05, 0) is 38.8 Å². The van der Waals surface area contributed by atoms with Gasteiger partial charge in [0.15, 0.2) is 0 Å². The van der Waals surface area contributed by atoms with Crippen molar-refractivity contribution in [3.8, 4) is 0 Å². The molecule has 0 radical (unpaired) electrons. The van der Waals surface area contributed by atoms with Gasteiger partial charge in [-0.2, -0.15) is 0 Å². The monoisotopic (exact) mass is 257 g/mol. The largest absolute Gasteiger partial charge is 0.480 e. The van der Waals surface area contributed by atoms with Gasteiger partial charge < -0.3 is 20.6 Å². The van der Waals surface area contributed by atoms with Crippen LogP contribution in [0.25, 0.3) is 0 Å². The highest BCUT2D eigenvalue weighted by Gasteiger charge is 2.26. The predicted octanol–water partition coefficient (Wildman–Crippen LogP) is 0.491. The van der Waals surface area contributed by atoms with Crippen molar-refractivity contribution in [2.24, 2.45) is 5.92 Å². The van der Waals surface area contributed by atoms with Crippen molar-refractivity contribution in [2.45, 2.75) is 32.2 Å². The van der Waals surface area contributed by atoms with E-state index in [1.807, 2.05) is 7.05 Å². The summed E-state index contributed by atoms with van der Waals surface area (Å²) in [6.45, 7) is 4.05. The fourth-order valence-electron chi connectivity index (χ4n) is 2.28. The number of nitrogens with zero attached hydrogens (tertiary/aromatic N) is 1. The average molecular weight is 257 g/mol. The minimum absolute atomic E-state index is 0.259. The van der Waals surface area contributed by atoms with E-state index in [4.69, 9.17) is 5.11 Å². The van der Waals surface area contributed by atoms with E-state index in [1.54, 1.807) is 11.8 Å². The quantitative estimate of drug-likeness (QED) is 0.669. The Morgan fingerprint density at radius 2 is 2.22 bits per heavy atom. The number of hydrogen-bond donors (Lipinski definition) is 3. The molecule has 6 nitrogen and oxygen atoms in total. The molecular formula is C12H23N3O3. The maximum absolute atomic E-state index is 12.0. The van der Waals surface area contributed by atoms with Crippen molar-refractivity contribution in [1.29, 1.82) is 0 Å². The number of amides is 2. The molecule has 1 heterocycles. The molecule has 0 spiro atoms. The molecule has 104 valence electrons. The second-order valence-electron chi connectivity index (χ2n) is 4.76. The van der Waals surface area contributed by atoms with Crippen LogP contribution in [0, 0.1) is 5.92 Å². The van der Waals surface area contributed by atoms with Crippen LogP contribution in [0.2, 0.25) is 0 Å². The molecule has 1 rings (SSSR count). The van der Waals surface area contributed by atoms with E-state index < -0.39 is 12.0 Å². The van der Waals surface area contributed by atoms with Crippen molar-refractivity contribution in [2.75, 3.05) is 26.7 Å². The number of piperidine rings is 1. The lowest BCUT2D eigenvalue weighted by molar-refractivity contribution is -0.139. The van der Waals surface area contributed by atoms with Crippen molar-refractivity contribution in [3.63, 3.8) is 0 Å². The fourth-order valence-corrected chi connectivity index (χ4v) is 2.28. The predicted molar refractivity (Wildman–Crippen MR) is 68.5 cm³/mol. The number of likely N-dealkylation sites (tertiary alicyclic amines) is 1. The minimum Gasteiger partial charge on any atom is -0.480 e. The third-order valence-electron chi connectivity index (χ3n) is 3.30. The molecule has 0 aromatic rings. The molecule has 3 N–H and O–H groups in total. The normalized spacial score (nSPS) is 21.4. The first-order valence-electron chi connectivity index (χ1n) is 6.51. The van der Waals surface area contributed by atoms with Gasteiger partial charge in [0.25, 0.3) is 0 Å². The summed E-state index contributed by atoms with van der Waals surface area (Å²) in [5, 5.41) is 14.6. The van der Waals surface area contributed by atoms with E-state index in [2.05, 4.69) is 10.6 Å². The summed E-state index contributed by atoms with van der Waals surface area (Å²) in [6.07, 6.45) is 2.49. The Bertz CT molecular complexity index is 294. The van der Waals surface area contributed by atoms with Gasteiger partial charge in [-0.1, -0.05) is 6.92 Å². The van der Waals surface area contributed by atoms with Gasteiger partial charge in [-0.15, -0.1) is 0 Å². The third-order valence-corrected chi connectivity index (χ3v) is 3.30. The lowest BCUT2D eigenvalue weighted by Gasteiger charge is -2.33. The molecule has 1 aliphatic heterocycles. The molecule has 2 amide bonds. The van der Waals surface area contributed by atoms with Crippen LogP contribution in [0.15, 0.2) is 0 Å². The van der Waals surface area contributed by atoms with E-state index in [9.17, 15) is 9.59 Å². The Kier molecular flexibility index (Phi) is 5.91. The Morgan fingerprint density at radius 1 is 1.50 bits per heavy atom. The molecule has 0 aromatic carbocycles. The van der Waals surface area contributed by atoms with Gasteiger partial charge in [0.2, 0.25) is 0 Å². The Morgan fingerprint density at radius 3 is 2.78 bits per heavy atom. The number of carboxylic acids is 1. The molecule has 1 saturated heterocycles. The number of rotatable bonds is 5. The SMILES string of the molecule is CC[C@@H](NC(=O)N1CCCC(CNC)C1)C(=O)O. The van der Waals surface area contributed by atoms with Gasteiger partial charge in [-0.3, -0.25) is 0 Å². The van der Waals surface area contributed by atoms with E-state index in [0.29, 0.717) is 25.4 Å². The molecule has 1 unspecified atom stereocenters. The Hall–Kier alpha value is -1.30. The number of urea groups is 1. The molecule has 18 heavy (non-hydrogen) atoms. The van der Waals surface area contributed by atoms with Gasteiger partial charge in [0, 0.05) is 13.1 Å². The molecule has 0 bridgehead atoms. The average Bonchev–Trinajstić information content (AvgIpc) is 2.36. The molecule has 0 saturated carbocycles. The zero-order valence-corrected chi connectivity index (χ0v) is 11.1. The molecule has 0 aliphatic carbocycles. The summed E-state index contributed by atoms with van der Waals surface area (Å²) in [4.78, 5) is 24.5. The van der Waals surface area contributed by atoms with E-state index in [0.717, 1.165) is 19.4 Å². The van der Waals surface area contributed by atoms with Crippen LogP contribution in [0.5, 0.6) is 0 Å². The highest BCUT2D eigenvalue weighted by atomic mass is 16.4. The lowest BCUT2D eigenvalue weighted by Crippen LogP contribution is -2.51. The number of carbonyl (C=O) groups is 2. The zero-order valence-electron chi connectivity index (χ0n) is 11.1. The van der Waals surface area contributed by atoms with Gasteiger partial charge in [0.1, 0.15) is 6.04 Å². The first-order valence-corrected chi connectivity index (χ1v) is 6.51. The smallest absolute Gasteiger partial charge is 0.326 e. The first kappa shape index (κ1) is 14.8. The van der Waals surface area contributed by atoms with Crippen molar-refractivity contribution < 1.29 is 14.7 Å². The van der Waals surface area contributed by atoms with Crippen molar-refractivity contribution >= 4 is 12.0 Å². The standard InChI is InChI=1S/C12H23N3O3/c1-3-10(11(16)17)14-12(18)15-6-4-5-9(8-15)7-13-2/h9-10,13H,3-8H2,1-2H3,(H,14,18)(H,16,17)/t9?,10-/m1/s1. The summed E-state index contributed by atoms with van der Waals surface area (Å²) < 4.78 is 0. The molecule has 6 heteroatoms. The zero-order chi connectivity index (χ0) is 13.5. The summed E-state index contributed by atoms with van der Waals surface area (Å²) in [5.74, 6) is -0.519. The number of hydrogen-bond acceptors (Lipinski definition) is 3. The van der Waals surface area contributed by atoms with Crippen LogP contribution >= 0.6 is 0 Å². The summed E-state index contributed by atoms with van der Waals surface area (Å²) in [7, 11) is 1.90. The molecule has 1 fully saturated rings. The maximum Gasteiger partial charge on any atom is 0.326 e. The summed E-state index contributed by atoms with van der Waals surface area (Å²) in [6, 6.07) is -1.05. The second-order valence-corrected chi connectivity index (χ2v) is 4.76. The molecule has 1 aliphatic rings. The fraction of sp³-hybridized carbons (Fsp3) is 0.833. The van der Waals surface area contributed by atoms with Crippen molar-refractivity contribution in [1.82, 2.24) is 15.5 Å². The van der Waals surface area contributed by atoms with Crippen molar-refractivity contribution in [3.05, 3.63) is 0 Å². The molecule has 0 aromatic heterocycles. The lowest BCUT2D eigenvalue weighted by atomic mass is 9.98. The molecule has 2 atom stereocenters. The number of carbonyl (C=O) groups excluding carboxylic acids is 1. The second kappa shape index (κ2) is 7.20. The maximum atomic E-state index is 12.0. The van der Waals surface area contributed by atoms with E-state index in [1.165, 1.54) is 0 Å². The van der Waals surface area contributed by atoms with Crippen LogP contribution in [-0.4, -0.2) is 54.7 Å². The van der Waals surface area contributed by atoms with E-state index in [-0.39, 0.29) is 6.03 Å². The number of carboxylic acid groups (broad SMARTS) is 1. The highest BCUT2D eigenvalue weighted by molar-refractivity contribution is 5.82. The summed E-state index contributed by atoms with van der Waals surface area (Å²) >= 11 is 0. The first-order chi connectivity index (χ1) is 8.58.